The quantitative estimate of drug-likeness (QED) is 0.764. The van der Waals surface area contributed by atoms with Crippen LogP contribution < -0.4 is 10.1 Å². The molecule has 1 N–H and O–H groups in total. The Kier molecular flexibility index (Phi) is 5.39. The number of hydrogen-bond donors (Lipinski definition) is 1. The van der Waals surface area contributed by atoms with Gasteiger partial charge < -0.3 is 15.0 Å². The molecule has 2 aromatic rings. The van der Waals surface area contributed by atoms with E-state index in [1.165, 1.54) is 17.4 Å². The number of anilines is 1. The van der Waals surface area contributed by atoms with E-state index in [2.05, 4.69) is 32.8 Å². The Morgan fingerprint density at radius 2 is 2.16 bits per heavy atom. The van der Waals surface area contributed by atoms with Gasteiger partial charge in [-0.3, -0.25) is 9.59 Å². The zero-order chi connectivity index (χ0) is 18.0. The fraction of sp³-hybridized carbons (Fsp3) is 0.353. The van der Waals surface area contributed by atoms with Crippen molar-refractivity contribution < 1.29 is 14.3 Å². The summed E-state index contributed by atoms with van der Waals surface area (Å²) in [6.45, 7) is 4.64. The molecule has 1 aromatic heterocycles. The molecule has 0 aliphatic carbocycles. The van der Waals surface area contributed by atoms with Crippen LogP contribution in [0.2, 0.25) is 0 Å². The van der Waals surface area contributed by atoms with E-state index in [4.69, 9.17) is 4.74 Å². The van der Waals surface area contributed by atoms with Crippen LogP contribution >= 0.6 is 27.3 Å². The topological polar surface area (TPSA) is 71.5 Å². The van der Waals surface area contributed by atoms with E-state index < -0.39 is 0 Å². The zero-order valence-electron chi connectivity index (χ0n) is 13.8. The van der Waals surface area contributed by atoms with Gasteiger partial charge in [0.15, 0.2) is 5.13 Å². The third-order valence-electron chi connectivity index (χ3n) is 4.26. The summed E-state index contributed by atoms with van der Waals surface area (Å²) in [7, 11) is 1.60. The number of methoxy groups -OCH3 is 1. The minimum Gasteiger partial charge on any atom is -0.494 e. The molecule has 0 bridgehead atoms. The number of nitrogens with one attached hydrogen (secondary N) is 1. The Hall–Kier alpha value is -1.93. The van der Waals surface area contributed by atoms with Gasteiger partial charge in [0.05, 0.1) is 11.8 Å². The molecular weight excluding hydrogens is 406 g/mol. The van der Waals surface area contributed by atoms with Crippen LogP contribution in [0.15, 0.2) is 29.3 Å². The van der Waals surface area contributed by atoms with Gasteiger partial charge in [0.2, 0.25) is 11.8 Å². The number of amides is 2. The fourth-order valence-electron chi connectivity index (χ4n) is 2.87. The van der Waals surface area contributed by atoms with Gasteiger partial charge in [-0.1, -0.05) is 17.9 Å². The van der Waals surface area contributed by atoms with Crippen molar-refractivity contribution in [3.05, 3.63) is 29.3 Å². The highest BCUT2D eigenvalue weighted by Gasteiger charge is 2.27. The number of thiazole rings is 1. The highest BCUT2D eigenvalue weighted by molar-refractivity contribution is 9.10. The van der Waals surface area contributed by atoms with Crippen molar-refractivity contribution in [3.63, 3.8) is 0 Å². The lowest BCUT2D eigenvalue weighted by Gasteiger charge is -2.30. The van der Waals surface area contributed by atoms with E-state index in [1.54, 1.807) is 12.0 Å². The largest absolute Gasteiger partial charge is 0.494 e. The summed E-state index contributed by atoms with van der Waals surface area (Å²) in [4.78, 5) is 30.3. The first-order valence-electron chi connectivity index (χ1n) is 7.88. The number of nitrogens with zero attached hydrogens (tertiary/aromatic N) is 2. The fourth-order valence-corrected chi connectivity index (χ4v) is 4.32. The highest BCUT2D eigenvalue weighted by Crippen LogP contribution is 2.37. The minimum atomic E-state index is -0.119. The number of carbonyl (C=O) groups excluding carboxylic acids is 2. The molecule has 1 aliphatic rings. The minimum absolute atomic E-state index is 0.0557. The number of piperidine rings is 1. The van der Waals surface area contributed by atoms with Crippen molar-refractivity contribution in [2.45, 2.75) is 12.8 Å². The number of ether oxygens (including phenoxy) is 1. The second-order valence-corrected chi connectivity index (χ2v) is 7.59. The summed E-state index contributed by atoms with van der Waals surface area (Å²) >= 11 is 4.91. The maximum absolute atomic E-state index is 12.5. The molecule has 2 heterocycles. The molecule has 1 fully saturated rings. The predicted molar refractivity (Wildman–Crippen MR) is 102 cm³/mol. The Morgan fingerprint density at radius 1 is 1.44 bits per heavy atom. The molecule has 25 heavy (non-hydrogen) atoms. The Labute approximate surface area is 158 Å². The van der Waals surface area contributed by atoms with Crippen LogP contribution in [0.3, 0.4) is 0 Å². The molecule has 132 valence electrons. The lowest BCUT2D eigenvalue weighted by Crippen LogP contribution is -2.40. The van der Waals surface area contributed by atoms with Crippen LogP contribution in [0.4, 0.5) is 5.13 Å². The molecule has 1 aliphatic heterocycles. The maximum Gasteiger partial charge on any atom is 0.245 e. The molecule has 6 nitrogen and oxygen atoms in total. The molecule has 0 atom stereocenters. The van der Waals surface area contributed by atoms with E-state index in [1.807, 2.05) is 12.1 Å². The van der Waals surface area contributed by atoms with Crippen LogP contribution in [0, 0.1) is 5.92 Å². The summed E-state index contributed by atoms with van der Waals surface area (Å²) in [6, 6.07) is 3.74. The predicted octanol–water partition coefficient (Wildman–Crippen LogP) is 3.43. The van der Waals surface area contributed by atoms with E-state index in [0.717, 1.165) is 14.7 Å². The van der Waals surface area contributed by atoms with Crippen molar-refractivity contribution in [2.75, 3.05) is 25.5 Å². The molecule has 0 saturated carbocycles. The molecule has 0 spiro atoms. The second kappa shape index (κ2) is 7.53. The molecular formula is C17H18BrN3O3S. The number of hydrogen-bond acceptors (Lipinski definition) is 5. The van der Waals surface area contributed by atoms with Crippen LogP contribution in [0.5, 0.6) is 5.75 Å². The van der Waals surface area contributed by atoms with Crippen molar-refractivity contribution in [2.24, 2.45) is 5.92 Å². The maximum atomic E-state index is 12.5. The molecule has 1 aromatic carbocycles. The van der Waals surface area contributed by atoms with Crippen LogP contribution in [-0.2, 0) is 9.59 Å². The molecule has 1 saturated heterocycles. The number of carbonyl (C=O) groups is 2. The van der Waals surface area contributed by atoms with Crippen molar-refractivity contribution in [1.29, 1.82) is 0 Å². The summed E-state index contributed by atoms with van der Waals surface area (Å²) in [5, 5.41) is 3.46. The Morgan fingerprint density at radius 3 is 2.80 bits per heavy atom. The van der Waals surface area contributed by atoms with Gasteiger partial charge in [0, 0.05) is 23.5 Å². The standard InChI is InChI=1S/C17H18BrN3O3S/c1-3-13(22)21-8-6-10(7-9-21)16(23)20-17-19-14-12(24-2)5-4-11(18)15(14)25-17/h3-5,10H,1,6-9H2,2H3,(H,19,20,23). The Bertz CT molecular complexity index is 828. The van der Waals surface area contributed by atoms with Gasteiger partial charge in [-0.2, -0.15) is 0 Å². The van der Waals surface area contributed by atoms with Crippen LogP contribution in [0.1, 0.15) is 12.8 Å². The number of halogens is 1. The average Bonchev–Trinajstić information content (AvgIpc) is 3.06. The number of benzene rings is 1. The van der Waals surface area contributed by atoms with Crippen molar-refractivity contribution in [1.82, 2.24) is 9.88 Å². The second-order valence-electron chi connectivity index (χ2n) is 5.74. The van der Waals surface area contributed by atoms with Crippen molar-refractivity contribution in [3.8, 4) is 5.75 Å². The van der Waals surface area contributed by atoms with E-state index in [0.29, 0.717) is 36.8 Å². The molecule has 0 radical (unpaired) electrons. The van der Waals surface area contributed by atoms with Gasteiger partial charge in [-0.25, -0.2) is 4.98 Å². The first-order valence-corrected chi connectivity index (χ1v) is 9.49. The molecule has 0 unspecified atom stereocenters. The van der Waals surface area contributed by atoms with Crippen molar-refractivity contribution >= 4 is 54.4 Å². The average molecular weight is 424 g/mol. The molecule has 3 rings (SSSR count). The summed E-state index contributed by atoms with van der Waals surface area (Å²) in [6.07, 6.45) is 2.60. The first-order chi connectivity index (χ1) is 12.0. The summed E-state index contributed by atoms with van der Waals surface area (Å²) in [5.41, 5.74) is 0.726. The number of aromatic nitrogens is 1. The summed E-state index contributed by atoms with van der Waals surface area (Å²) < 4.78 is 7.17. The summed E-state index contributed by atoms with van der Waals surface area (Å²) in [5.74, 6) is 0.416. The zero-order valence-corrected chi connectivity index (χ0v) is 16.2. The van der Waals surface area contributed by atoms with Gasteiger partial charge in [-0.15, -0.1) is 0 Å². The van der Waals surface area contributed by atoms with Crippen LogP contribution in [0.25, 0.3) is 10.2 Å². The molecule has 8 heteroatoms. The van der Waals surface area contributed by atoms with Gasteiger partial charge >= 0.3 is 0 Å². The smallest absolute Gasteiger partial charge is 0.245 e. The monoisotopic (exact) mass is 423 g/mol. The van der Waals surface area contributed by atoms with E-state index >= 15 is 0 Å². The van der Waals surface area contributed by atoms with Gasteiger partial charge in [0.25, 0.3) is 0 Å². The highest BCUT2D eigenvalue weighted by atomic mass is 79.9. The van der Waals surface area contributed by atoms with E-state index in [-0.39, 0.29) is 17.7 Å². The third kappa shape index (κ3) is 3.69. The van der Waals surface area contributed by atoms with Gasteiger partial charge in [-0.05, 0) is 47.0 Å². The lowest BCUT2D eigenvalue weighted by atomic mass is 9.96. The number of likely N-dealkylation sites (tertiary alicyclic amines) is 1. The number of rotatable bonds is 4. The van der Waals surface area contributed by atoms with E-state index in [9.17, 15) is 9.59 Å². The van der Waals surface area contributed by atoms with Gasteiger partial charge in [0.1, 0.15) is 11.3 Å². The third-order valence-corrected chi connectivity index (χ3v) is 6.19. The normalized spacial score (nSPS) is 15.2. The Balaban J connectivity index is 1.70. The number of fused-ring (bicyclic) bond motifs is 1. The SMILES string of the molecule is C=CC(=O)N1CCC(C(=O)Nc2nc3c(OC)ccc(Br)c3s2)CC1. The molecule has 2 amide bonds. The lowest BCUT2D eigenvalue weighted by molar-refractivity contribution is -0.130. The first kappa shape index (κ1) is 17.9. The van der Waals surface area contributed by atoms with Crippen LogP contribution in [-0.4, -0.2) is 41.9 Å².